The predicted octanol–water partition coefficient (Wildman–Crippen LogP) is 3.15. The van der Waals surface area contributed by atoms with Crippen LogP contribution in [-0.4, -0.2) is 0 Å². The van der Waals surface area contributed by atoms with Gasteiger partial charge in [-0.15, -0.1) is 0 Å². The zero-order valence-corrected chi connectivity index (χ0v) is 10.3. The molecule has 0 saturated carbocycles. The van der Waals surface area contributed by atoms with Crippen LogP contribution in [0.2, 0.25) is 5.02 Å². The second-order valence-corrected chi connectivity index (χ2v) is 4.76. The lowest BCUT2D eigenvalue weighted by Gasteiger charge is -2.16. The number of thiophene rings is 1. The van der Waals surface area contributed by atoms with Crippen molar-refractivity contribution in [2.24, 2.45) is 5.84 Å². The van der Waals surface area contributed by atoms with Gasteiger partial charge in [-0.25, -0.2) is 0 Å². The molecule has 0 amide bonds. The topological polar surface area (TPSA) is 38.0 Å². The Labute approximate surface area is 104 Å². The Morgan fingerprint density at radius 1 is 1.31 bits per heavy atom. The summed E-state index contributed by atoms with van der Waals surface area (Å²) in [6, 6.07) is 9.94. The smallest absolute Gasteiger partial charge is 0.0515 e. The van der Waals surface area contributed by atoms with E-state index in [1.165, 1.54) is 5.56 Å². The molecule has 2 aromatic rings. The molecule has 2 nitrogen and oxygen atoms in total. The first-order chi connectivity index (χ1) is 7.81. The minimum absolute atomic E-state index is 0.0586. The van der Waals surface area contributed by atoms with Gasteiger partial charge >= 0.3 is 0 Å². The van der Waals surface area contributed by atoms with E-state index in [0.29, 0.717) is 0 Å². The van der Waals surface area contributed by atoms with Crippen LogP contribution in [0.4, 0.5) is 0 Å². The van der Waals surface area contributed by atoms with Gasteiger partial charge in [0.2, 0.25) is 0 Å². The van der Waals surface area contributed by atoms with Gasteiger partial charge in [0.15, 0.2) is 0 Å². The maximum Gasteiger partial charge on any atom is 0.0515 e. The summed E-state index contributed by atoms with van der Waals surface area (Å²) >= 11 is 7.83. The third kappa shape index (κ3) is 2.62. The lowest BCUT2D eigenvalue weighted by Crippen LogP contribution is -2.29. The van der Waals surface area contributed by atoms with Crippen molar-refractivity contribution in [1.82, 2.24) is 5.43 Å². The maximum atomic E-state index is 6.14. The Balaban J connectivity index is 2.20. The first kappa shape index (κ1) is 11.6. The Morgan fingerprint density at radius 3 is 2.75 bits per heavy atom. The van der Waals surface area contributed by atoms with Crippen molar-refractivity contribution in [2.45, 2.75) is 12.5 Å². The fraction of sp³-hybridized carbons (Fsp3) is 0.167. The van der Waals surface area contributed by atoms with Crippen LogP contribution >= 0.6 is 22.9 Å². The van der Waals surface area contributed by atoms with E-state index in [1.54, 1.807) is 11.3 Å². The highest BCUT2D eigenvalue weighted by Crippen LogP contribution is 2.25. The molecule has 1 aromatic carbocycles. The third-order valence-corrected chi connectivity index (χ3v) is 3.58. The van der Waals surface area contributed by atoms with Crippen LogP contribution in [0.3, 0.4) is 0 Å². The molecule has 4 heteroatoms. The Kier molecular flexibility index (Phi) is 3.96. The van der Waals surface area contributed by atoms with Crippen LogP contribution in [0.1, 0.15) is 17.2 Å². The van der Waals surface area contributed by atoms with Crippen LogP contribution in [-0.2, 0) is 6.42 Å². The molecule has 0 spiro atoms. The van der Waals surface area contributed by atoms with Gasteiger partial charge in [-0.05, 0) is 40.4 Å². The van der Waals surface area contributed by atoms with Gasteiger partial charge in [-0.2, -0.15) is 11.3 Å². The van der Waals surface area contributed by atoms with E-state index in [2.05, 4.69) is 22.3 Å². The number of hydrazine groups is 1. The highest BCUT2D eigenvalue weighted by atomic mass is 35.5. The van der Waals surface area contributed by atoms with Crippen molar-refractivity contribution >= 4 is 22.9 Å². The van der Waals surface area contributed by atoms with Crippen molar-refractivity contribution in [2.75, 3.05) is 0 Å². The second-order valence-electron chi connectivity index (χ2n) is 3.58. The van der Waals surface area contributed by atoms with Crippen LogP contribution < -0.4 is 11.3 Å². The van der Waals surface area contributed by atoms with Gasteiger partial charge in [-0.1, -0.05) is 29.8 Å². The molecule has 3 N–H and O–H groups in total. The molecule has 1 atom stereocenters. The van der Waals surface area contributed by atoms with Gasteiger partial charge in [0.1, 0.15) is 0 Å². The zero-order valence-electron chi connectivity index (χ0n) is 8.69. The summed E-state index contributed by atoms with van der Waals surface area (Å²) in [4.78, 5) is 0. The summed E-state index contributed by atoms with van der Waals surface area (Å²) in [7, 11) is 0. The van der Waals surface area contributed by atoms with Crippen molar-refractivity contribution in [3.05, 3.63) is 57.2 Å². The normalized spacial score (nSPS) is 12.6. The van der Waals surface area contributed by atoms with Gasteiger partial charge in [0.25, 0.3) is 0 Å². The number of hydrogen-bond donors (Lipinski definition) is 2. The number of benzene rings is 1. The monoisotopic (exact) mass is 252 g/mol. The van der Waals surface area contributed by atoms with Gasteiger partial charge < -0.3 is 0 Å². The van der Waals surface area contributed by atoms with E-state index in [4.69, 9.17) is 17.4 Å². The molecule has 1 heterocycles. The van der Waals surface area contributed by atoms with Gasteiger partial charge in [0.05, 0.1) is 6.04 Å². The number of rotatable bonds is 4. The highest BCUT2D eigenvalue weighted by molar-refractivity contribution is 7.07. The zero-order chi connectivity index (χ0) is 11.4. The standard InChI is InChI=1S/C12H13ClN2S/c13-11-4-2-1-3-10(11)12(15-14)7-9-5-6-16-8-9/h1-6,8,12,15H,7,14H2. The molecule has 84 valence electrons. The van der Waals surface area contributed by atoms with Crippen LogP contribution in [0.25, 0.3) is 0 Å². The Bertz CT molecular complexity index is 442. The number of halogens is 1. The molecular formula is C12H13ClN2S. The first-order valence-electron chi connectivity index (χ1n) is 5.03. The minimum Gasteiger partial charge on any atom is -0.271 e. The molecule has 0 bridgehead atoms. The molecule has 2 rings (SSSR count). The lowest BCUT2D eigenvalue weighted by atomic mass is 10.0. The maximum absolute atomic E-state index is 6.14. The quantitative estimate of drug-likeness (QED) is 0.648. The van der Waals surface area contributed by atoms with E-state index in [1.807, 2.05) is 24.3 Å². The summed E-state index contributed by atoms with van der Waals surface area (Å²) in [5.74, 6) is 5.59. The molecule has 1 aromatic heterocycles. The summed E-state index contributed by atoms with van der Waals surface area (Å²) in [6.07, 6.45) is 0.851. The fourth-order valence-electron chi connectivity index (χ4n) is 1.66. The molecule has 0 radical (unpaired) electrons. The van der Waals surface area contributed by atoms with Crippen LogP contribution in [0, 0.1) is 0 Å². The van der Waals surface area contributed by atoms with Crippen LogP contribution in [0.15, 0.2) is 41.1 Å². The van der Waals surface area contributed by atoms with E-state index in [9.17, 15) is 0 Å². The molecule has 0 aliphatic rings. The average Bonchev–Trinajstić information content (AvgIpc) is 2.80. The van der Waals surface area contributed by atoms with E-state index >= 15 is 0 Å². The second kappa shape index (κ2) is 5.46. The molecular weight excluding hydrogens is 240 g/mol. The van der Waals surface area contributed by atoms with Crippen molar-refractivity contribution in [3.8, 4) is 0 Å². The molecule has 16 heavy (non-hydrogen) atoms. The molecule has 0 aliphatic carbocycles. The Morgan fingerprint density at radius 2 is 2.12 bits per heavy atom. The summed E-state index contributed by atoms with van der Waals surface area (Å²) in [6.45, 7) is 0. The van der Waals surface area contributed by atoms with E-state index < -0.39 is 0 Å². The van der Waals surface area contributed by atoms with Crippen molar-refractivity contribution < 1.29 is 0 Å². The first-order valence-corrected chi connectivity index (χ1v) is 6.35. The van der Waals surface area contributed by atoms with E-state index in [-0.39, 0.29) is 6.04 Å². The minimum atomic E-state index is 0.0586. The van der Waals surface area contributed by atoms with Crippen molar-refractivity contribution in [1.29, 1.82) is 0 Å². The summed E-state index contributed by atoms with van der Waals surface area (Å²) < 4.78 is 0. The van der Waals surface area contributed by atoms with E-state index in [0.717, 1.165) is 17.0 Å². The number of nitrogens with one attached hydrogen (secondary N) is 1. The molecule has 1 unspecified atom stereocenters. The number of nitrogens with two attached hydrogens (primary N) is 1. The molecule has 0 aliphatic heterocycles. The van der Waals surface area contributed by atoms with Gasteiger partial charge in [-0.3, -0.25) is 11.3 Å². The van der Waals surface area contributed by atoms with Crippen LogP contribution in [0.5, 0.6) is 0 Å². The SMILES string of the molecule is NNC(Cc1ccsc1)c1ccccc1Cl. The van der Waals surface area contributed by atoms with Crippen molar-refractivity contribution in [3.63, 3.8) is 0 Å². The average molecular weight is 253 g/mol. The number of hydrogen-bond acceptors (Lipinski definition) is 3. The highest BCUT2D eigenvalue weighted by Gasteiger charge is 2.13. The van der Waals surface area contributed by atoms with Gasteiger partial charge in [0, 0.05) is 5.02 Å². The molecule has 0 saturated heterocycles. The third-order valence-electron chi connectivity index (χ3n) is 2.50. The fourth-order valence-corrected chi connectivity index (χ4v) is 2.61. The largest absolute Gasteiger partial charge is 0.271 e. The lowest BCUT2D eigenvalue weighted by molar-refractivity contribution is 0.553. The Hall–Kier alpha value is -0.870. The molecule has 0 fully saturated rings. The summed E-state index contributed by atoms with van der Waals surface area (Å²) in [5.41, 5.74) is 5.13. The predicted molar refractivity (Wildman–Crippen MR) is 69.5 cm³/mol. The summed E-state index contributed by atoms with van der Waals surface area (Å²) in [5, 5.41) is 4.94.